The molecule has 0 aliphatic carbocycles. The van der Waals surface area contributed by atoms with Crippen LogP contribution in [0, 0.1) is 6.92 Å². The Bertz CT molecular complexity index is 818. The Kier molecular flexibility index (Phi) is 3.72. The molecule has 0 radical (unpaired) electrons. The quantitative estimate of drug-likeness (QED) is 0.672. The Labute approximate surface area is 130 Å². The molecule has 1 atom stereocenters. The molecule has 2 aromatic carbocycles. The molecule has 3 nitrogen and oxygen atoms in total. The predicted octanol–water partition coefficient (Wildman–Crippen LogP) is 4.35. The highest BCUT2D eigenvalue weighted by Gasteiger charge is 2.19. The number of rotatable bonds is 3. The van der Waals surface area contributed by atoms with Crippen LogP contribution in [0.5, 0.6) is 0 Å². The first-order valence-electron chi connectivity index (χ1n) is 7.37. The summed E-state index contributed by atoms with van der Waals surface area (Å²) >= 11 is 0. The van der Waals surface area contributed by atoms with Crippen molar-refractivity contribution in [2.24, 2.45) is 0 Å². The van der Waals surface area contributed by atoms with Crippen molar-refractivity contribution in [3.05, 3.63) is 71.4 Å². The average Bonchev–Trinajstić information content (AvgIpc) is 2.95. The van der Waals surface area contributed by atoms with Crippen molar-refractivity contribution < 1.29 is 9.53 Å². The highest BCUT2D eigenvalue weighted by atomic mass is 16.5. The molecule has 1 aromatic heterocycles. The summed E-state index contributed by atoms with van der Waals surface area (Å²) in [5.41, 5.74) is 4.05. The first kappa shape index (κ1) is 14.4. The van der Waals surface area contributed by atoms with E-state index in [1.54, 1.807) is 0 Å². The molecule has 3 heteroatoms. The van der Waals surface area contributed by atoms with E-state index in [4.69, 9.17) is 4.74 Å². The largest absolute Gasteiger partial charge is 0.465 e. The third kappa shape index (κ3) is 2.29. The summed E-state index contributed by atoms with van der Waals surface area (Å²) in [7, 11) is 1.42. The van der Waals surface area contributed by atoms with Crippen molar-refractivity contribution in [1.29, 1.82) is 0 Å². The Morgan fingerprint density at radius 3 is 2.50 bits per heavy atom. The van der Waals surface area contributed by atoms with Crippen molar-refractivity contribution in [3.8, 4) is 0 Å². The molecule has 112 valence electrons. The zero-order valence-electron chi connectivity index (χ0n) is 13.0. The second kappa shape index (κ2) is 5.68. The van der Waals surface area contributed by atoms with E-state index in [0.717, 1.165) is 16.5 Å². The van der Waals surface area contributed by atoms with Gasteiger partial charge in [-0.1, -0.05) is 48.5 Å². The summed E-state index contributed by atoms with van der Waals surface area (Å²) in [4.78, 5) is 12.1. The Morgan fingerprint density at radius 1 is 1.09 bits per heavy atom. The third-order valence-electron chi connectivity index (χ3n) is 4.16. The second-order valence-corrected chi connectivity index (χ2v) is 5.50. The molecule has 0 bridgehead atoms. The number of aryl methyl sites for hydroxylation is 1. The highest BCUT2D eigenvalue weighted by Crippen LogP contribution is 2.30. The molecule has 0 aliphatic heterocycles. The molecule has 1 unspecified atom stereocenters. The van der Waals surface area contributed by atoms with E-state index in [1.807, 2.05) is 36.5 Å². The fraction of sp³-hybridized carbons (Fsp3) is 0.211. The van der Waals surface area contributed by atoms with Gasteiger partial charge in [0, 0.05) is 11.6 Å². The number of aromatic nitrogens is 1. The molecule has 0 N–H and O–H groups in total. The lowest BCUT2D eigenvalue weighted by Crippen LogP contribution is -2.06. The number of carbonyl (C=O) groups is 1. The number of hydrogen-bond acceptors (Lipinski definition) is 2. The number of para-hydroxylation sites is 1. The Morgan fingerprint density at radius 2 is 1.82 bits per heavy atom. The summed E-state index contributed by atoms with van der Waals surface area (Å²) in [6, 6.07) is 16.4. The fourth-order valence-electron chi connectivity index (χ4n) is 2.96. The number of fused-ring (bicyclic) bond motifs is 1. The van der Waals surface area contributed by atoms with Crippen LogP contribution in [-0.2, 0) is 4.74 Å². The molecule has 0 aliphatic rings. The molecule has 0 saturated heterocycles. The average molecular weight is 293 g/mol. The zero-order valence-corrected chi connectivity index (χ0v) is 13.0. The van der Waals surface area contributed by atoms with Crippen LogP contribution in [0.2, 0.25) is 0 Å². The number of carbonyl (C=O) groups excluding carboxylic acids is 1. The maximum absolute atomic E-state index is 12.1. The number of esters is 1. The van der Waals surface area contributed by atoms with Crippen molar-refractivity contribution in [3.63, 3.8) is 0 Å². The van der Waals surface area contributed by atoms with Gasteiger partial charge in [0.2, 0.25) is 0 Å². The smallest absolute Gasteiger partial charge is 0.340 e. The molecule has 3 aromatic rings. The van der Waals surface area contributed by atoms with Gasteiger partial charge < -0.3 is 9.30 Å². The van der Waals surface area contributed by atoms with Gasteiger partial charge in [0.15, 0.2) is 0 Å². The van der Waals surface area contributed by atoms with Gasteiger partial charge in [-0.2, -0.15) is 0 Å². The van der Waals surface area contributed by atoms with E-state index < -0.39 is 0 Å². The Balaban J connectivity index is 2.24. The number of methoxy groups -OCH3 is 1. The van der Waals surface area contributed by atoms with Gasteiger partial charge in [0.25, 0.3) is 0 Å². The summed E-state index contributed by atoms with van der Waals surface area (Å²) in [6.07, 6.45) is 1.90. The van der Waals surface area contributed by atoms with Crippen LogP contribution in [0.1, 0.15) is 34.5 Å². The van der Waals surface area contributed by atoms with Gasteiger partial charge in [0.1, 0.15) is 0 Å². The van der Waals surface area contributed by atoms with Crippen LogP contribution in [0.15, 0.2) is 54.7 Å². The van der Waals surface area contributed by atoms with Crippen LogP contribution in [-0.4, -0.2) is 17.6 Å². The van der Waals surface area contributed by atoms with Crippen molar-refractivity contribution in [2.75, 3.05) is 7.11 Å². The molecular weight excluding hydrogens is 274 g/mol. The maximum Gasteiger partial charge on any atom is 0.340 e. The molecule has 0 amide bonds. The van der Waals surface area contributed by atoms with Gasteiger partial charge in [-0.05, 0) is 25.0 Å². The summed E-state index contributed by atoms with van der Waals surface area (Å²) in [5, 5.41) is 0.939. The molecule has 0 spiro atoms. The van der Waals surface area contributed by atoms with E-state index in [1.165, 1.54) is 12.7 Å². The minimum absolute atomic E-state index is 0.142. The third-order valence-corrected chi connectivity index (χ3v) is 4.16. The lowest BCUT2D eigenvalue weighted by atomic mass is 10.1. The van der Waals surface area contributed by atoms with E-state index in [0.29, 0.717) is 5.56 Å². The zero-order chi connectivity index (χ0) is 15.7. The first-order valence-corrected chi connectivity index (χ1v) is 7.37. The summed E-state index contributed by atoms with van der Waals surface area (Å²) < 4.78 is 7.09. The predicted molar refractivity (Wildman–Crippen MR) is 88.3 cm³/mol. The van der Waals surface area contributed by atoms with E-state index >= 15 is 0 Å². The molecule has 3 rings (SSSR count). The van der Waals surface area contributed by atoms with Crippen LogP contribution in [0.25, 0.3) is 10.9 Å². The van der Waals surface area contributed by atoms with Gasteiger partial charge in [-0.15, -0.1) is 0 Å². The van der Waals surface area contributed by atoms with E-state index in [-0.39, 0.29) is 12.0 Å². The summed E-state index contributed by atoms with van der Waals surface area (Å²) in [5.74, 6) is -0.297. The highest BCUT2D eigenvalue weighted by molar-refractivity contribution is 6.05. The summed E-state index contributed by atoms with van der Waals surface area (Å²) in [6.45, 7) is 4.21. The van der Waals surface area contributed by atoms with Crippen LogP contribution < -0.4 is 0 Å². The number of hydrogen-bond donors (Lipinski definition) is 0. The van der Waals surface area contributed by atoms with Crippen LogP contribution >= 0.6 is 0 Å². The minimum atomic E-state index is -0.297. The van der Waals surface area contributed by atoms with Gasteiger partial charge >= 0.3 is 5.97 Å². The van der Waals surface area contributed by atoms with Crippen molar-refractivity contribution in [1.82, 2.24) is 4.57 Å². The lowest BCUT2D eigenvalue weighted by molar-refractivity contribution is 0.0602. The van der Waals surface area contributed by atoms with E-state index in [2.05, 4.69) is 36.6 Å². The second-order valence-electron chi connectivity index (χ2n) is 5.50. The van der Waals surface area contributed by atoms with Crippen molar-refractivity contribution >= 4 is 16.9 Å². The molecule has 22 heavy (non-hydrogen) atoms. The number of nitrogens with zero attached hydrogens (tertiary/aromatic N) is 1. The first-order chi connectivity index (χ1) is 10.6. The monoisotopic (exact) mass is 293 g/mol. The van der Waals surface area contributed by atoms with Crippen LogP contribution in [0.3, 0.4) is 0 Å². The minimum Gasteiger partial charge on any atom is -0.465 e. The van der Waals surface area contributed by atoms with Crippen LogP contribution in [0.4, 0.5) is 0 Å². The van der Waals surface area contributed by atoms with E-state index in [9.17, 15) is 4.79 Å². The fourth-order valence-corrected chi connectivity index (χ4v) is 2.96. The van der Waals surface area contributed by atoms with Gasteiger partial charge in [-0.3, -0.25) is 0 Å². The number of ether oxygens (including phenoxy) is 1. The molecule has 0 fully saturated rings. The number of benzene rings is 2. The SMILES string of the molecule is COC(=O)c1cn(C(C)c2ccccc2)c2c(C)cccc12. The standard InChI is InChI=1S/C19H19NO2/c1-13-8-7-11-16-17(19(21)22-3)12-20(18(13)16)14(2)15-9-5-4-6-10-15/h4-12,14H,1-3H3. The van der Waals surface area contributed by atoms with Gasteiger partial charge in [0.05, 0.1) is 24.2 Å². The van der Waals surface area contributed by atoms with Gasteiger partial charge in [-0.25, -0.2) is 4.79 Å². The lowest BCUT2D eigenvalue weighted by Gasteiger charge is -2.16. The normalized spacial score (nSPS) is 12.3. The molecule has 1 heterocycles. The van der Waals surface area contributed by atoms with Crippen molar-refractivity contribution in [2.45, 2.75) is 19.9 Å². The Hall–Kier alpha value is -2.55. The molecule has 0 saturated carbocycles. The topological polar surface area (TPSA) is 31.2 Å². The molecular formula is C19H19NO2. The maximum atomic E-state index is 12.1.